The van der Waals surface area contributed by atoms with Gasteiger partial charge < -0.3 is 19.8 Å². The van der Waals surface area contributed by atoms with Crippen molar-refractivity contribution in [3.05, 3.63) is 36.4 Å². The Morgan fingerprint density at radius 2 is 1.57 bits per heavy atom. The second-order valence-electron chi connectivity index (χ2n) is 5.70. The molecule has 23 heavy (non-hydrogen) atoms. The van der Waals surface area contributed by atoms with Crippen LogP contribution in [0.3, 0.4) is 0 Å². The molecule has 0 bridgehead atoms. The molecule has 6 heteroatoms. The van der Waals surface area contributed by atoms with Crippen molar-refractivity contribution >= 4 is 5.69 Å². The fourth-order valence-electron chi connectivity index (χ4n) is 3.02. The van der Waals surface area contributed by atoms with Crippen molar-refractivity contribution < 1.29 is 14.9 Å². The van der Waals surface area contributed by atoms with E-state index in [0.717, 1.165) is 44.2 Å². The van der Waals surface area contributed by atoms with Crippen LogP contribution in [0.4, 0.5) is 5.69 Å². The number of aromatic nitrogens is 1. The van der Waals surface area contributed by atoms with Crippen molar-refractivity contribution in [2.24, 2.45) is 0 Å². The van der Waals surface area contributed by atoms with Gasteiger partial charge >= 0.3 is 0 Å². The molecule has 1 fully saturated rings. The summed E-state index contributed by atoms with van der Waals surface area (Å²) in [4.78, 5) is 4.67. The molecule has 124 valence electrons. The molecule has 0 atom stereocenters. The summed E-state index contributed by atoms with van der Waals surface area (Å²) in [7, 11) is 1.70. The monoisotopic (exact) mass is 317 g/mol. The SMILES string of the molecule is COc1ccccc1N1CCN(CCn2c(O)ccc2O)CC1. The smallest absolute Gasteiger partial charge is 0.193 e. The number of hydrogen-bond acceptors (Lipinski definition) is 5. The van der Waals surface area contributed by atoms with Crippen LogP contribution in [0.5, 0.6) is 17.5 Å². The minimum atomic E-state index is 0.107. The van der Waals surface area contributed by atoms with E-state index in [1.54, 1.807) is 7.11 Å². The van der Waals surface area contributed by atoms with E-state index in [0.29, 0.717) is 6.54 Å². The average Bonchev–Trinajstić information content (AvgIpc) is 2.92. The summed E-state index contributed by atoms with van der Waals surface area (Å²) in [6, 6.07) is 11.1. The van der Waals surface area contributed by atoms with Gasteiger partial charge in [-0.1, -0.05) is 12.1 Å². The first kappa shape index (κ1) is 15.6. The third-order valence-corrected chi connectivity index (χ3v) is 4.37. The number of nitrogens with zero attached hydrogens (tertiary/aromatic N) is 3. The first-order chi connectivity index (χ1) is 11.2. The average molecular weight is 317 g/mol. The topological polar surface area (TPSA) is 61.1 Å². The molecular formula is C17H23N3O3. The quantitative estimate of drug-likeness (QED) is 0.879. The van der Waals surface area contributed by atoms with E-state index in [1.165, 1.54) is 16.7 Å². The van der Waals surface area contributed by atoms with Gasteiger partial charge in [-0.15, -0.1) is 0 Å². The van der Waals surface area contributed by atoms with Crippen molar-refractivity contribution in [2.75, 3.05) is 44.7 Å². The molecule has 2 heterocycles. The molecule has 1 aliphatic heterocycles. The lowest BCUT2D eigenvalue weighted by Gasteiger charge is -2.36. The van der Waals surface area contributed by atoms with Crippen LogP contribution in [0.1, 0.15) is 0 Å². The van der Waals surface area contributed by atoms with Crippen LogP contribution < -0.4 is 9.64 Å². The summed E-state index contributed by atoms with van der Waals surface area (Å²) in [6.07, 6.45) is 0. The second-order valence-corrected chi connectivity index (χ2v) is 5.70. The number of aromatic hydroxyl groups is 2. The fourth-order valence-corrected chi connectivity index (χ4v) is 3.02. The number of methoxy groups -OCH3 is 1. The van der Waals surface area contributed by atoms with Crippen LogP contribution in [-0.2, 0) is 6.54 Å². The van der Waals surface area contributed by atoms with Gasteiger partial charge in [0.05, 0.1) is 12.8 Å². The fraction of sp³-hybridized carbons (Fsp3) is 0.412. The van der Waals surface area contributed by atoms with Gasteiger partial charge in [0, 0.05) is 51.4 Å². The summed E-state index contributed by atoms with van der Waals surface area (Å²) < 4.78 is 6.95. The Labute approximate surface area is 136 Å². The molecule has 0 spiro atoms. The molecule has 1 aromatic carbocycles. The van der Waals surface area contributed by atoms with Gasteiger partial charge in [0.25, 0.3) is 0 Å². The minimum absolute atomic E-state index is 0.107. The Morgan fingerprint density at radius 1 is 0.913 bits per heavy atom. The first-order valence-corrected chi connectivity index (χ1v) is 7.87. The Morgan fingerprint density at radius 3 is 2.22 bits per heavy atom. The Hall–Kier alpha value is -2.34. The summed E-state index contributed by atoms with van der Waals surface area (Å²) in [5.41, 5.74) is 1.13. The number of anilines is 1. The number of rotatable bonds is 5. The van der Waals surface area contributed by atoms with Crippen molar-refractivity contribution in [1.82, 2.24) is 9.47 Å². The molecule has 0 radical (unpaired) electrons. The van der Waals surface area contributed by atoms with Crippen LogP contribution in [0.25, 0.3) is 0 Å². The normalized spacial score (nSPS) is 15.8. The molecule has 2 aromatic rings. The highest BCUT2D eigenvalue weighted by Gasteiger charge is 2.19. The van der Waals surface area contributed by atoms with Crippen LogP contribution in [0.2, 0.25) is 0 Å². The Kier molecular flexibility index (Phi) is 4.62. The molecule has 3 rings (SSSR count). The van der Waals surface area contributed by atoms with E-state index < -0.39 is 0 Å². The van der Waals surface area contributed by atoms with Gasteiger partial charge in [-0.2, -0.15) is 0 Å². The Balaban J connectivity index is 1.54. The third kappa shape index (κ3) is 3.37. The lowest BCUT2D eigenvalue weighted by atomic mass is 10.2. The van der Waals surface area contributed by atoms with Crippen LogP contribution in [0, 0.1) is 0 Å². The van der Waals surface area contributed by atoms with Crippen molar-refractivity contribution in [2.45, 2.75) is 6.54 Å². The standard InChI is InChI=1S/C17H23N3O3/c1-23-15-5-3-2-4-14(15)19-11-8-18(9-12-19)10-13-20-16(21)6-7-17(20)22/h2-7,21-22H,8-13H2,1H3. The molecule has 0 unspecified atom stereocenters. The number of ether oxygens (including phenoxy) is 1. The zero-order chi connectivity index (χ0) is 16.2. The number of benzene rings is 1. The zero-order valence-corrected chi connectivity index (χ0v) is 13.4. The zero-order valence-electron chi connectivity index (χ0n) is 13.4. The first-order valence-electron chi connectivity index (χ1n) is 7.87. The van der Waals surface area contributed by atoms with Crippen molar-refractivity contribution in [1.29, 1.82) is 0 Å². The summed E-state index contributed by atoms with van der Waals surface area (Å²) >= 11 is 0. The predicted molar refractivity (Wildman–Crippen MR) is 89.4 cm³/mol. The third-order valence-electron chi connectivity index (χ3n) is 4.37. The van der Waals surface area contributed by atoms with E-state index in [4.69, 9.17) is 4.74 Å². The van der Waals surface area contributed by atoms with Gasteiger partial charge in [0.1, 0.15) is 5.75 Å². The highest BCUT2D eigenvalue weighted by atomic mass is 16.5. The van der Waals surface area contributed by atoms with Gasteiger partial charge in [0.15, 0.2) is 11.8 Å². The van der Waals surface area contributed by atoms with Gasteiger partial charge in [-0.05, 0) is 12.1 Å². The van der Waals surface area contributed by atoms with Crippen molar-refractivity contribution in [3.63, 3.8) is 0 Å². The predicted octanol–water partition coefficient (Wildman–Crippen LogP) is 1.73. The summed E-state index contributed by atoms with van der Waals surface area (Å²) in [5, 5.41) is 19.3. The maximum Gasteiger partial charge on any atom is 0.193 e. The van der Waals surface area contributed by atoms with E-state index >= 15 is 0 Å². The molecule has 1 aliphatic rings. The largest absolute Gasteiger partial charge is 0.495 e. The van der Waals surface area contributed by atoms with Crippen LogP contribution in [-0.4, -0.2) is 59.5 Å². The van der Waals surface area contributed by atoms with Crippen molar-refractivity contribution in [3.8, 4) is 17.5 Å². The number of para-hydroxylation sites is 2. The van der Waals surface area contributed by atoms with Gasteiger partial charge in [-0.3, -0.25) is 9.47 Å². The van der Waals surface area contributed by atoms with Gasteiger partial charge in [-0.25, -0.2) is 0 Å². The maximum absolute atomic E-state index is 9.67. The minimum Gasteiger partial charge on any atom is -0.495 e. The molecule has 0 aliphatic carbocycles. The highest BCUT2D eigenvalue weighted by molar-refractivity contribution is 5.58. The van der Waals surface area contributed by atoms with Crippen LogP contribution >= 0.6 is 0 Å². The molecular weight excluding hydrogens is 294 g/mol. The summed E-state index contributed by atoms with van der Waals surface area (Å²) in [6.45, 7) is 5.14. The lowest BCUT2D eigenvalue weighted by Crippen LogP contribution is -2.47. The molecule has 6 nitrogen and oxygen atoms in total. The number of hydrogen-bond donors (Lipinski definition) is 2. The van der Waals surface area contributed by atoms with E-state index in [9.17, 15) is 10.2 Å². The Bertz CT molecular complexity index is 629. The molecule has 2 N–H and O–H groups in total. The van der Waals surface area contributed by atoms with E-state index in [1.807, 2.05) is 18.2 Å². The summed E-state index contributed by atoms with van der Waals surface area (Å²) in [5.74, 6) is 1.12. The molecule has 1 aromatic heterocycles. The molecule has 0 amide bonds. The van der Waals surface area contributed by atoms with E-state index in [2.05, 4.69) is 15.9 Å². The highest BCUT2D eigenvalue weighted by Crippen LogP contribution is 2.28. The lowest BCUT2D eigenvalue weighted by molar-refractivity contribution is 0.238. The second kappa shape index (κ2) is 6.83. The maximum atomic E-state index is 9.67. The number of piperazine rings is 1. The molecule has 1 saturated heterocycles. The molecule has 0 saturated carbocycles. The van der Waals surface area contributed by atoms with Gasteiger partial charge in [0.2, 0.25) is 0 Å². The van der Waals surface area contributed by atoms with E-state index in [-0.39, 0.29) is 11.8 Å². The van der Waals surface area contributed by atoms with Crippen LogP contribution in [0.15, 0.2) is 36.4 Å².